The molecule has 2 N–H and O–H groups in total. The maximum atomic E-state index is 14.0. The van der Waals surface area contributed by atoms with Crippen LogP contribution in [-0.4, -0.2) is 18.0 Å². The average Bonchev–Trinajstić information content (AvgIpc) is 2.48. The Morgan fingerprint density at radius 3 is 2.62 bits per heavy atom. The summed E-state index contributed by atoms with van der Waals surface area (Å²) in [7, 11) is 0. The molecule has 0 bridgehead atoms. The number of benzene rings is 1. The second-order valence-corrected chi connectivity index (χ2v) is 5.26. The molecule has 3 rings (SSSR count). The number of hydrogen-bond acceptors (Lipinski definition) is 4. The van der Waals surface area contributed by atoms with E-state index in [4.69, 9.17) is 10.5 Å². The highest BCUT2D eigenvalue weighted by atomic mass is 19.4. The Kier molecular flexibility index (Phi) is 3.83. The van der Waals surface area contributed by atoms with E-state index in [-0.39, 0.29) is 30.0 Å². The largest absolute Gasteiger partial charge is 0.573 e. The summed E-state index contributed by atoms with van der Waals surface area (Å²) in [6, 6.07) is 4.00. The van der Waals surface area contributed by atoms with Crippen molar-refractivity contribution in [3.63, 3.8) is 0 Å². The van der Waals surface area contributed by atoms with Gasteiger partial charge in [0.05, 0.1) is 18.3 Å². The maximum absolute atomic E-state index is 14.0. The number of alkyl halides is 3. The zero-order valence-corrected chi connectivity index (χ0v) is 12.0. The summed E-state index contributed by atoms with van der Waals surface area (Å²) in [4.78, 5) is 3.90. The first-order valence-corrected chi connectivity index (χ1v) is 6.82. The van der Waals surface area contributed by atoms with Gasteiger partial charge in [-0.25, -0.2) is 8.78 Å². The highest BCUT2D eigenvalue weighted by Gasteiger charge is 2.39. The lowest BCUT2D eigenvalue weighted by atomic mass is 9.82. The first-order chi connectivity index (χ1) is 11.2. The van der Waals surface area contributed by atoms with Crippen LogP contribution < -0.4 is 15.2 Å². The second-order valence-electron chi connectivity index (χ2n) is 5.26. The van der Waals surface area contributed by atoms with E-state index in [1.807, 2.05) is 0 Å². The van der Waals surface area contributed by atoms with Gasteiger partial charge in [-0.1, -0.05) is 6.07 Å². The summed E-state index contributed by atoms with van der Waals surface area (Å²) < 4.78 is 72.7. The van der Waals surface area contributed by atoms with Gasteiger partial charge in [0.1, 0.15) is 17.3 Å². The van der Waals surface area contributed by atoms with Crippen molar-refractivity contribution in [1.29, 1.82) is 0 Å². The molecular weight excluding hydrogens is 335 g/mol. The number of aromatic nitrogens is 1. The number of hydrogen-bond donors (Lipinski definition) is 1. The van der Waals surface area contributed by atoms with E-state index in [9.17, 15) is 22.0 Å². The van der Waals surface area contributed by atoms with Crippen LogP contribution in [-0.2, 0) is 5.54 Å². The van der Waals surface area contributed by atoms with Crippen molar-refractivity contribution in [3.05, 3.63) is 53.4 Å². The summed E-state index contributed by atoms with van der Waals surface area (Å²) in [6.07, 6.45) is -3.88. The Hall–Kier alpha value is -2.42. The minimum absolute atomic E-state index is 0.111. The molecule has 1 aliphatic heterocycles. The zero-order valence-electron chi connectivity index (χ0n) is 12.0. The molecule has 9 heteroatoms. The van der Waals surface area contributed by atoms with Crippen molar-refractivity contribution in [2.75, 3.05) is 6.61 Å². The Morgan fingerprint density at radius 1 is 1.21 bits per heavy atom. The fraction of sp³-hybridized carbons (Fsp3) is 0.267. The van der Waals surface area contributed by atoms with Gasteiger partial charge >= 0.3 is 6.36 Å². The molecule has 0 saturated carbocycles. The van der Waals surface area contributed by atoms with E-state index >= 15 is 0 Å². The van der Waals surface area contributed by atoms with Gasteiger partial charge in [-0.2, -0.15) is 0 Å². The standard InChI is InChI=1S/C15H11F5N2O2/c16-9-6-12-13(22-7-9)14(21,3-4-23-12)8-1-2-11(10(17)5-8)24-15(18,19)20/h1-2,5-7H,3-4,21H2/t14-/m0/s1. The molecule has 1 aromatic carbocycles. The molecular formula is C15H11F5N2O2. The molecule has 0 saturated heterocycles. The van der Waals surface area contributed by atoms with Crippen molar-refractivity contribution in [3.8, 4) is 11.5 Å². The fourth-order valence-electron chi connectivity index (χ4n) is 2.57. The monoisotopic (exact) mass is 346 g/mol. The minimum Gasteiger partial charge on any atom is -0.491 e. The molecule has 128 valence electrons. The lowest BCUT2D eigenvalue weighted by Gasteiger charge is -2.34. The number of pyridine rings is 1. The van der Waals surface area contributed by atoms with Crippen LogP contribution in [0.15, 0.2) is 30.5 Å². The van der Waals surface area contributed by atoms with Crippen molar-refractivity contribution in [2.24, 2.45) is 5.73 Å². The second kappa shape index (κ2) is 5.59. The molecule has 2 heterocycles. The summed E-state index contributed by atoms with van der Waals surface area (Å²) >= 11 is 0. The molecule has 4 nitrogen and oxygen atoms in total. The molecule has 2 aromatic rings. The lowest BCUT2D eigenvalue weighted by molar-refractivity contribution is -0.275. The van der Waals surface area contributed by atoms with Crippen LogP contribution >= 0.6 is 0 Å². The van der Waals surface area contributed by atoms with Crippen molar-refractivity contribution in [2.45, 2.75) is 18.3 Å². The van der Waals surface area contributed by atoms with E-state index in [2.05, 4.69) is 9.72 Å². The maximum Gasteiger partial charge on any atom is 0.573 e. The van der Waals surface area contributed by atoms with Crippen LogP contribution in [0.25, 0.3) is 0 Å². The summed E-state index contributed by atoms with van der Waals surface area (Å²) in [5.74, 6) is -2.70. The predicted molar refractivity (Wildman–Crippen MR) is 72.4 cm³/mol. The van der Waals surface area contributed by atoms with Crippen LogP contribution in [0.3, 0.4) is 0 Å². The minimum atomic E-state index is -5.01. The molecule has 1 aromatic heterocycles. The molecule has 0 unspecified atom stereocenters. The number of nitrogens with zero attached hydrogens (tertiary/aromatic N) is 1. The van der Waals surface area contributed by atoms with Crippen LogP contribution in [0.1, 0.15) is 17.7 Å². The normalized spacial score (nSPS) is 20.2. The quantitative estimate of drug-likeness (QED) is 0.848. The smallest absolute Gasteiger partial charge is 0.491 e. The predicted octanol–water partition coefficient (Wildman–Crippen LogP) is 3.24. The SMILES string of the molecule is N[C@]1(c2ccc(OC(F)(F)F)c(F)c2)CCOc2cc(F)cnc21. The molecule has 0 radical (unpaired) electrons. The van der Waals surface area contributed by atoms with Crippen LogP contribution in [0, 0.1) is 11.6 Å². The van der Waals surface area contributed by atoms with Gasteiger partial charge < -0.3 is 15.2 Å². The van der Waals surface area contributed by atoms with E-state index < -0.39 is 29.3 Å². The highest BCUT2D eigenvalue weighted by Crippen LogP contribution is 2.40. The first-order valence-electron chi connectivity index (χ1n) is 6.82. The molecule has 0 aliphatic carbocycles. The highest BCUT2D eigenvalue weighted by molar-refractivity contribution is 5.45. The van der Waals surface area contributed by atoms with Crippen LogP contribution in [0.5, 0.6) is 11.5 Å². The molecule has 24 heavy (non-hydrogen) atoms. The zero-order chi connectivity index (χ0) is 17.5. The topological polar surface area (TPSA) is 57.4 Å². The van der Waals surface area contributed by atoms with Crippen molar-refractivity contribution in [1.82, 2.24) is 4.98 Å². The Balaban J connectivity index is 2.02. The van der Waals surface area contributed by atoms with Gasteiger partial charge in [0, 0.05) is 12.5 Å². The Morgan fingerprint density at radius 2 is 1.96 bits per heavy atom. The lowest BCUT2D eigenvalue weighted by Crippen LogP contribution is -2.43. The van der Waals surface area contributed by atoms with Crippen LogP contribution in [0.4, 0.5) is 22.0 Å². The Labute approximate surface area is 133 Å². The number of nitrogens with two attached hydrogens (primary N) is 1. The number of ether oxygens (including phenoxy) is 2. The van der Waals surface area contributed by atoms with Crippen molar-refractivity contribution < 1.29 is 31.4 Å². The van der Waals surface area contributed by atoms with E-state index in [0.717, 1.165) is 24.4 Å². The average molecular weight is 346 g/mol. The molecule has 1 aliphatic rings. The fourth-order valence-corrected chi connectivity index (χ4v) is 2.57. The number of halogens is 5. The van der Waals surface area contributed by atoms with E-state index in [0.29, 0.717) is 0 Å². The van der Waals surface area contributed by atoms with Crippen LogP contribution in [0.2, 0.25) is 0 Å². The third kappa shape index (κ3) is 2.99. The Bertz CT molecular complexity index is 781. The van der Waals surface area contributed by atoms with E-state index in [1.54, 1.807) is 0 Å². The number of rotatable bonds is 2. The first kappa shape index (κ1) is 16.4. The number of fused-ring (bicyclic) bond motifs is 1. The van der Waals surface area contributed by atoms with Gasteiger partial charge in [0.15, 0.2) is 11.6 Å². The van der Waals surface area contributed by atoms with Gasteiger partial charge in [-0.3, -0.25) is 4.98 Å². The summed E-state index contributed by atoms with van der Waals surface area (Å²) in [5, 5.41) is 0. The molecule has 0 fully saturated rings. The van der Waals surface area contributed by atoms with Gasteiger partial charge in [0.25, 0.3) is 0 Å². The molecule has 0 spiro atoms. The molecule has 1 atom stereocenters. The van der Waals surface area contributed by atoms with Gasteiger partial charge in [0.2, 0.25) is 0 Å². The van der Waals surface area contributed by atoms with Gasteiger partial charge in [-0.15, -0.1) is 13.2 Å². The third-order valence-corrected chi connectivity index (χ3v) is 3.67. The summed E-state index contributed by atoms with van der Waals surface area (Å²) in [6.45, 7) is 0.122. The van der Waals surface area contributed by atoms with Crippen molar-refractivity contribution >= 4 is 0 Å². The third-order valence-electron chi connectivity index (χ3n) is 3.67. The summed E-state index contributed by atoms with van der Waals surface area (Å²) in [5.41, 5.74) is 5.33. The van der Waals surface area contributed by atoms with Gasteiger partial charge in [-0.05, 0) is 17.7 Å². The molecule has 0 amide bonds. The van der Waals surface area contributed by atoms with E-state index in [1.165, 1.54) is 6.07 Å².